The van der Waals surface area contributed by atoms with Gasteiger partial charge in [0, 0.05) is 13.1 Å². The second kappa shape index (κ2) is 7.31. The van der Waals surface area contributed by atoms with Gasteiger partial charge in [-0.25, -0.2) is 0 Å². The second-order valence-electron chi connectivity index (χ2n) is 5.66. The molecule has 1 aromatic heterocycles. The van der Waals surface area contributed by atoms with Crippen molar-refractivity contribution in [2.75, 3.05) is 13.1 Å². The predicted octanol–water partition coefficient (Wildman–Crippen LogP) is 3.13. The van der Waals surface area contributed by atoms with Gasteiger partial charge in [-0.05, 0) is 43.4 Å². The molecule has 3 rings (SSSR count). The van der Waals surface area contributed by atoms with E-state index in [0.717, 1.165) is 30.3 Å². The Hall–Kier alpha value is -1.60. The molecule has 1 aliphatic rings. The summed E-state index contributed by atoms with van der Waals surface area (Å²) in [6, 6.07) is 7.41. The molecule has 0 unspecified atom stereocenters. The summed E-state index contributed by atoms with van der Waals surface area (Å²) in [5, 5.41) is 17.0. The third-order valence-corrected chi connectivity index (χ3v) is 6.04. The Bertz CT molecular complexity index is 638. The molecule has 7 heteroatoms. The van der Waals surface area contributed by atoms with Crippen LogP contribution in [0.1, 0.15) is 31.2 Å². The molecule has 2 heterocycles. The van der Waals surface area contributed by atoms with Crippen molar-refractivity contribution in [3.63, 3.8) is 0 Å². The number of aromatic hydroxyl groups is 1. The number of benzene rings is 1. The molecule has 0 radical (unpaired) electrons. The van der Waals surface area contributed by atoms with Crippen molar-refractivity contribution in [1.29, 1.82) is 0 Å². The van der Waals surface area contributed by atoms with Crippen LogP contribution in [0.3, 0.4) is 0 Å². The van der Waals surface area contributed by atoms with Crippen LogP contribution in [0.5, 0.6) is 5.75 Å². The van der Waals surface area contributed by atoms with E-state index in [1.54, 1.807) is 17.6 Å². The minimum atomic E-state index is -0.131. The van der Waals surface area contributed by atoms with Gasteiger partial charge in [0.1, 0.15) is 11.3 Å². The van der Waals surface area contributed by atoms with Gasteiger partial charge in [0.2, 0.25) is 5.91 Å². The second-order valence-corrected chi connectivity index (χ2v) is 8.08. The molecule has 0 saturated carbocycles. The number of thioether (sulfide) groups is 1. The first-order valence-corrected chi connectivity index (χ1v) is 9.40. The Morgan fingerprint density at radius 3 is 2.65 bits per heavy atom. The van der Waals surface area contributed by atoms with Gasteiger partial charge in [-0.2, -0.15) is 0 Å². The van der Waals surface area contributed by atoms with Crippen LogP contribution in [0.4, 0.5) is 0 Å². The molecule has 0 spiro atoms. The largest absolute Gasteiger partial charge is 0.508 e. The molecule has 0 aliphatic carbocycles. The lowest BCUT2D eigenvalue weighted by atomic mass is 9.89. The zero-order valence-electron chi connectivity index (χ0n) is 12.9. The van der Waals surface area contributed by atoms with Gasteiger partial charge >= 0.3 is 0 Å². The highest BCUT2D eigenvalue weighted by Gasteiger charge is 2.27. The van der Waals surface area contributed by atoms with Crippen molar-refractivity contribution in [3.05, 3.63) is 35.3 Å². The maximum atomic E-state index is 12.5. The highest BCUT2D eigenvalue weighted by atomic mass is 32.2. The number of amides is 1. The summed E-state index contributed by atoms with van der Waals surface area (Å²) in [5.74, 6) is 0.934. The van der Waals surface area contributed by atoms with Gasteiger partial charge in [0.25, 0.3) is 0 Å². The molecule has 1 saturated heterocycles. The fourth-order valence-corrected chi connectivity index (χ4v) is 4.56. The van der Waals surface area contributed by atoms with E-state index in [0.29, 0.717) is 11.7 Å². The highest BCUT2D eigenvalue weighted by molar-refractivity contribution is 8.02. The molecule has 1 aliphatic heterocycles. The Kier molecular flexibility index (Phi) is 5.17. The topological polar surface area (TPSA) is 66.3 Å². The number of carbonyl (C=O) groups is 1. The number of phenols is 1. The summed E-state index contributed by atoms with van der Waals surface area (Å²) in [7, 11) is 0. The molecule has 1 fully saturated rings. The fraction of sp³-hybridized carbons (Fsp3) is 0.438. The molecule has 122 valence electrons. The van der Waals surface area contributed by atoms with E-state index >= 15 is 0 Å². The van der Waals surface area contributed by atoms with Crippen LogP contribution in [0.25, 0.3) is 0 Å². The van der Waals surface area contributed by atoms with Gasteiger partial charge in [-0.15, -0.1) is 10.2 Å². The van der Waals surface area contributed by atoms with Gasteiger partial charge in [0.15, 0.2) is 4.34 Å². The van der Waals surface area contributed by atoms with E-state index in [2.05, 4.69) is 10.2 Å². The maximum absolute atomic E-state index is 12.5. The zero-order chi connectivity index (χ0) is 16.2. The molecule has 1 aromatic carbocycles. The minimum absolute atomic E-state index is 0.131. The third-order valence-electron chi connectivity index (χ3n) is 4.14. The lowest BCUT2D eigenvalue weighted by Gasteiger charge is -2.33. The van der Waals surface area contributed by atoms with Crippen LogP contribution in [0.15, 0.2) is 34.1 Å². The zero-order valence-corrected chi connectivity index (χ0v) is 14.5. The Balaban J connectivity index is 1.53. The lowest BCUT2D eigenvalue weighted by Crippen LogP contribution is -2.41. The van der Waals surface area contributed by atoms with E-state index in [1.807, 2.05) is 24.0 Å². The fourth-order valence-electron chi connectivity index (χ4n) is 2.85. The Morgan fingerprint density at radius 1 is 1.35 bits per heavy atom. The number of likely N-dealkylation sites (tertiary alicyclic amines) is 1. The van der Waals surface area contributed by atoms with Gasteiger partial charge in [-0.3, -0.25) is 4.79 Å². The highest BCUT2D eigenvalue weighted by Crippen LogP contribution is 2.31. The number of piperidine rings is 1. The summed E-state index contributed by atoms with van der Waals surface area (Å²) in [5.41, 5.74) is 2.93. The minimum Gasteiger partial charge on any atom is -0.508 e. The average molecular weight is 349 g/mol. The lowest BCUT2D eigenvalue weighted by molar-refractivity contribution is -0.131. The molecule has 2 aromatic rings. The number of hydrogen-bond acceptors (Lipinski definition) is 6. The van der Waals surface area contributed by atoms with E-state index in [-0.39, 0.29) is 11.2 Å². The number of hydrogen-bond donors (Lipinski definition) is 1. The summed E-state index contributed by atoms with van der Waals surface area (Å²) in [6.07, 6.45) is 1.93. The van der Waals surface area contributed by atoms with Crippen molar-refractivity contribution >= 4 is 29.0 Å². The molecular formula is C16H19N3O2S2. The number of nitrogens with zero attached hydrogens (tertiary/aromatic N) is 3. The van der Waals surface area contributed by atoms with Crippen molar-refractivity contribution in [1.82, 2.24) is 15.1 Å². The van der Waals surface area contributed by atoms with Crippen molar-refractivity contribution < 1.29 is 9.90 Å². The molecule has 1 N–H and O–H groups in total. The van der Waals surface area contributed by atoms with Crippen LogP contribution in [-0.2, 0) is 4.79 Å². The van der Waals surface area contributed by atoms with Crippen molar-refractivity contribution in [2.24, 2.45) is 0 Å². The quantitative estimate of drug-likeness (QED) is 0.859. The van der Waals surface area contributed by atoms with E-state index in [9.17, 15) is 9.90 Å². The smallest absolute Gasteiger partial charge is 0.235 e. The van der Waals surface area contributed by atoms with E-state index in [1.165, 1.54) is 28.7 Å². The van der Waals surface area contributed by atoms with Crippen molar-refractivity contribution in [2.45, 2.75) is 35.3 Å². The molecule has 0 bridgehead atoms. The maximum Gasteiger partial charge on any atom is 0.235 e. The standard InChI is InChI=1S/C16H19N3O2S2/c1-11(23-16-18-17-10-22-16)15(21)19-8-6-13(7-9-19)12-2-4-14(20)5-3-12/h2-5,10-11,13,20H,6-9H2,1H3/t11-/m0/s1. The summed E-state index contributed by atoms with van der Waals surface area (Å²) in [4.78, 5) is 14.5. The normalized spacial score (nSPS) is 17.2. The first-order valence-electron chi connectivity index (χ1n) is 7.64. The van der Waals surface area contributed by atoms with Crippen LogP contribution < -0.4 is 0 Å². The average Bonchev–Trinajstić information content (AvgIpc) is 3.08. The Morgan fingerprint density at radius 2 is 2.04 bits per heavy atom. The first kappa shape index (κ1) is 16.3. The van der Waals surface area contributed by atoms with Crippen LogP contribution in [0, 0.1) is 0 Å². The first-order chi connectivity index (χ1) is 11.1. The van der Waals surface area contributed by atoms with Crippen LogP contribution in [0.2, 0.25) is 0 Å². The SMILES string of the molecule is C[C@H](Sc1nncs1)C(=O)N1CCC(c2ccc(O)cc2)CC1. The van der Waals surface area contributed by atoms with Gasteiger partial charge in [0.05, 0.1) is 5.25 Å². The number of phenolic OH excluding ortho intramolecular Hbond substituents is 1. The summed E-state index contributed by atoms with van der Waals surface area (Å²) in [6.45, 7) is 3.50. The molecule has 5 nitrogen and oxygen atoms in total. The predicted molar refractivity (Wildman–Crippen MR) is 91.9 cm³/mol. The third kappa shape index (κ3) is 4.03. The Labute approximate surface area is 143 Å². The summed E-state index contributed by atoms with van der Waals surface area (Å²) < 4.78 is 0.838. The van der Waals surface area contributed by atoms with Crippen molar-refractivity contribution in [3.8, 4) is 5.75 Å². The monoisotopic (exact) mass is 349 g/mol. The molecule has 23 heavy (non-hydrogen) atoms. The molecule has 1 atom stereocenters. The van der Waals surface area contributed by atoms with Gasteiger partial charge in [-0.1, -0.05) is 35.2 Å². The van der Waals surface area contributed by atoms with E-state index in [4.69, 9.17) is 0 Å². The summed E-state index contributed by atoms with van der Waals surface area (Å²) >= 11 is 2.94. The van der Waals surface area contributed by atoms with Crippen LogP contribution in [-0.4, -0.2) is 44.5 Å². The molecule has 1 amide bonds. The van der Waals surface area contributed by atoms with Crippen LogP contribution >= 0.6 is 23.1 Å². The number of rotatable bonds is 4. The molecular weight excluding hydrogens is 330 g/mol. The number of aromatic nitrogens is 2. The van der Waals surface area contributed by atoms with E-state index < -0.39 is 0 Å². The number of carbonyl (C=O) groups excluding carboxylic acids is 1. The van der Waals surface area contributed by atoms with Gasteiger partial charge < -0.3 is 10.0 Å².